The first kappa shape index (κ1) is 68.8. The van der Waals surface area contributed by atoms with Crippen LogP contribution in [0.4, 0.5) is 51.7 Å². The lowest BCUT2D eigenvalue weighted by molar-refractivity contribution is -0.111. The Morgan fingerprint density at radius 3 is 1.61 bits per heavy atom. The summed E-state index contributed by atoms with van der Waals surface area (Å²) in [6.45, 7) is 18.8. The highest BCUT2D eigenvalue weighted by molar-refractivity contribution is 9.11. The molecule has 0 spiro atoms. The van der Waals surface area contributed by atoms with E-state index in [0.717, 1.165) is 173 Å². The third kappa shape index (κ3) is 19.7. The number of amides is 1. The van der Waals surface area contributed by atoms with Gasteiger partial charge in [-0.1, -0.05) is 74.5 Å². The fourth-order valence-corrected chi connectivity index (χ4v) is 11.5. The number of hydrogen-bond acceptors (Lipinski definition) is 18. The van der Waals surface area contributed by atoms with Crippen molar-refractivity contribution in [2.24, 2.45) is 0 Å². The average Bonchev–Trinajstić information content (AvgIpc) is 1.20. The van der Waals surface area contributed by atoms with Gasteiger partial charge in [-0.3, -0.25) is 4.79 Å². The predicted molar refractivity (Wildman–Crippen MR) is 391 cm³/mol. The van der Waals surface area contributed by atoms with Crippen LogP contribution >= 0.6 is 43.5 Å². The minimum Gasteiger partial charge on any atom is -0.494 e. The molecule has 0 radical (unpaired) electrons. The van der Waals surface area contributed by atoms with E-state index >= 15 is 0 Å². The number of likely N-dealkylation sites (N-methyl/N-ethyl adjacent to an activating group) is 3. The van der Waals surface area contributed by atoms with Crippen LogP contribution in [0.5, 0.6) is 5.75 Å². The maximum atomic E-state index is 11.8. The normalized spacial score (nSPS) is 14.3. The Kier molecular flexibility index (Phi) is 25.4. The van der Waals surface area contributed by atoms with Gasteiger partial charge in [0, 0.05) is 175 Å². The van der Waals surface area contributed by atoms with Gasteiger partial charge >= 0.3 is 0 Å². The van der Waals surface area contributed by atoms with Crippen molar-refractivity contribution in [1.82, 2.24) is 44.6 Å². The maximum absolute atomic E-state index is 11.8. The molecule has 6 N–H and O–H groups in total. The number of aliphatic hydroxyl groups excluding tert-OH is 1. The molecule has 19 nitrogen and oxygen atoms in total. The lowest BCUT2D eigenvalue weighted by Crippen LogP contribution is -2.44. The number of ether oxygens (including phenoxy) is 1. The van der Waals surface area contributed by atoms with E-state index in [0.29, 0.717) is 24.2 Å². The first-order valence-corrected chi connectivity index (χ1v) is 33.0. The predicted octanol–water partition coefficient (Wildman–Crippen LogP) is 13.7. The second-order valence-corrected chi connectivity index (χ2v) is 24.7. The number of piperazine rings is 3. The van der Waals surface area contributed by atoms with E-state index in [2.05, 4.69) is 185 Å². The highest BCUT2D eigenvalue weighted by Crippen LogP contribution is 2.35. The van der Waals surface area contributed by atoms with Gasteiger partial charge in [-0.25, -0.2) is 29.9 Å². The largest absolute Gasteiger partial charge is 0.494 e. The number of rotatable bonds is 13. The number of halogens is 3. The van der Waals surface area contributed by atoms with Gasteiger partial charge in [-0.2, -0.15) is 0 Å². The Morgan fingerprint density at radius 2 is 1.08 bits per heavy atom. The fraction of sp³-hybridized carbons (Fsp3) is 0.282. The summed E-state index contributed by atoms with van der Waals surface area (Å²) in [5, 5.41) is 20.7. The number of carbonyl (C=O) groups is 1. The van der Waals surface area contributed by atoms with Crippen molar-refractivity contribution in [1.29, 1.82) is 0 Å². The topological polar surface area (TPSA) is 205 Å². The number of aromatic nitrogens is 6. The van der Waals surface area contributed by atoms with Gasteiger partial charge < -0.3 is 60.9 Å². The molecule has 3 aromatic heterocycles. The van der Waals surface area contributed by atoms with Crippen LogP contribution < -0.4 is 41.1 Å². The lowest BCUT2D eigenvalue weighted by atomic mass is 10.0. The molecule has 0 saturated carbocycles. The Morgan fingerprint density at radius 1 is 0.591 bits per heavy atom. The molecule has 10 aromatic rings. The van der Waals surface area contributed by atoms with Crippen molar-refractivity contribution in [3.63, 3.8) is 0 Å². The van der Waals surface area contributed by atoms with E-state index in [4.69, 9.17) is 32.2 Å². The van der Waals surface area contributed by atoms with Gasteiger partial charge in [0.25, 0.3) is 0 Å². The van der Waals surface area contributed by atoms with Crippen LogP contribution in [0.15, 0.2) is 186 Å². The second-order valence-electron chi connectivity index (χ2n) is 22.6. The lowest BCUT2D eigenvalue weighted by Gasteiger charge is -2.34. The summed E-state index contributed by atoms with van der Waals surface area (Å²) in [6, 6.07) is 48.2. The van der Waals surface area contributed by atoms with Crippen LogP contribution in [0, 0.1) is 0 Å². The molecule has 3 aliphatic rings. The third-order valence-corrected chi connectivity index (χ3v) is 17.4. The van der Waals surface area contributed by atoms with Crippen LogP contribution in [0.25, 0.3) is 43.8 Å². The molecule has 7 aromatic carbocycles. The number of hydrogen-bond donors (Lipinski definition) is 5. The molecular formula is C71H81Br2ClN16O3. The zero-order chi connectivity index (χ0) is 65.6. The van der Waals surface area contributed by atoms with E-state index in [1.54, 1.807) is 13.3 Å². The molecule has 484 valence electrons. The van der Waals surface area contributed by atoms with E-state index in [1.165, 1.54) is 17.5 Å². The highest BCUT2D eigenvalue weighted by Gasteiger charge is 2.19. The van der Waals surface area contributed by atoms with Gasteiger partial charge in [-0.15, -0.1) is 0 Å². The van der Waals surface area contributed by atoms with Crippen LogP contribution in [0.2, 0.25) is 5.28 Å². The quantitative estimate of drug-likeness (QED) is 0.0413. The van der Waals surface area contributed by atoms with E-state index < -0.39 is 0 Å². The molecule has 93 heavy (non-hydrogen) atoms. The number of nitrogens with zero attached hydrogens (tertiary/aromatic N) is 12. The van der Waals surface area contributed by atoms with Crippen molar-refractivity contribution in [3.8, 4) is 16.9 Å². The smallest absolute Gasteiger partial charge is 0.247 e. The minimum absolute atomic E-state index is 0.253. The van der Waals surface area contributed by atoms with Gasteiger partial charge in [0.05, 0.1) is 29.3 Å². The number of para-hydroxylation sites is 3. The average molecular weight is 1400 g/mol. The Bertz CT molecular complexity index is 4050. The molecule has 0 aliphatic carbocycles. The summed E-state index contributed by atoms with van der Waals surface area (Å²) in [5.74, 6) is 1.56. The van der Waals surface area contributed by atoms with Crippen molar-refractivity contribution in [2.45, 2.75) is 19.8 Å². The van der Waals surface area contributed by atoms with Gasteiger partial charge in [0.2, 0.25) is 23.1 Å². The minimum atomic E-state index is -0.253. The van der Waals surface area contributed by atoms with Crippen molar-refractivity contribution < 1.29 is 14.6 Å². The Balaban J connectivity index is 0.000000156. The number of methoxy groups -OCH3 is 1. The van der Waals surface area contributed by atoms with E-state index in [9.17, 15) is 4.79 Å². The molecule has 6 heterocycles. The third-order valence-electron chi connectivity index (χ3n) is 15.9. The monoisotopic (exact) mass is 1400 g/mol. The molecule has 0 unspecified atom stereocenters. The zero-order valence-corrected chi connectivity index (χ0v) is 57.2. The summed E-state index contributed by atoms with van der Waals surface area (Å²) in [6.07, 6.45) is 8.64. The molecule has 3 aliphatic heterocycles. The summed E-state index contributed by atoms with van der Waals surface area (Å²) in [5.41, 5.74) is 17.1. The zero-order valence-electron chi connectivity index (χ0n) is 53.3. The summed E-state index contributed by atoms with van der Waals surface area (Å²) in [7, 11) is 8.16. The van der Waals surface area contributed by atoms with Crippen LogP contribution in [-0.2, 0) is 4.79 Å². The molecule has 1 amide bonds. The summed E-state index contributed by atoms with van der Waals surface area (Å²) < 4.78 is 7.62. The number of benzene rings is 7. The first-order chi connectivity index (χ1) is 45.2. The molecule has 22 heteroatoms. The molecule has 13 rings (SSSR count). The Labute approximate surface area is 567 Å². The van der Waals surface area contributed by atoms with Crippen molar-refractivity contribution in [3.05, 3.63) is 191 Å². The number of nitrogens with two attached hydrogens (primary N) is 1. The SMILES string of the molecule is C=CC(=O)Nc1cccc(-c2cccc3cnc(Nc4ccc(N5CCN(C)CC5)cc4OC)nc23)c1.CCCCO.CN1CCN(c2ccc(N)cc2)CC1.CN1CCN(c2ccc(Nc3ncc4cccc(Br)c4n3)cc2)CC1.Clc1ncc2cccc(Br)c2n1. The number of unbranched alkanes of at least 4 members (excludes halogenated alkanes) is 1. The van der Waals surface area contributed by atoms with Crippen molar-refractivity contribution in [2.75, 3.05) is 150 Å². The van der Waals surface area contributed by atoms with Gasteiger partial charge in [-0.05, 0) is 168 Å². The standard InChI is InChI=1S/C29H30N6O2.C19H20BrN5.C11H17N3.C8H4BrClN2.C4H10O/c1-4-27(36)31-22-9-5-7-20(17-22)24-10-6-8-21-19-30-29(33-28(21)24)32-25-12-11-23(18-26(25)37-3)35-15-13-34(2)14-16-35;1-24-9-11-25(12-10-24)16-7-5-15(6-8-16)22-19-21-13-14-3-2-4-17(20)18(14)23-19;1-13-6-8-14(9-7-13)11-4-2-10(12)3-5-11;9-6-3-1-2-5-4-11-8(10)12-7(5)6;1-2-3-4-5/h4-12,17-19H,1,13-16H2,2-3H3,(H,31,36)(H,30,32,33);2-8,13H,9-12H2,1H3,(H,21,22,23);2-5H,6-9,12H2,1H3;1-4H;5H,2-4H2,1H3. The number of nitrogen functional groups attached to an aromatic ring is 1. The Hall–Kier alpha value is -8.54. The molecule has 3 saturated heterocycles. The molecule has 3 fully saturated rings. The van der Waals surface area contributed by atoms with Gasteiger partial charge in [0.1, 0.15) is 5.75 Å². The van der Waals surface area contributed by atoms with E-state index in [1.807, 2.05) is 109 Å². The number of nitrogens with one attached hydrogen (secondary N) is 3. The number of carbonyl (C=O) groups excluding carboxylic acids is 1. The van der Waals surface area contributed by atoms with E-state index in [-0.39, 0.29) is 11.2 Å². The fourth-order valence-electron chi connectivity index (χ4n) is 10.4. The maximum Gasteiger partial charge on any atom is 0.247 e. The number of aliphatic hydroxyl groups is 1. The number of fused-ring (bicyclic) bond motifs is 3. The second kappa shape index (κ2) is 34.4. The summed E-state index contributed by atoms with van der Waals surface area (Å²) >= 11 is 12.6. The molecule has 0 bridgehead atoms. The van der Waals surface area contributed by atoms with Crippen molar-refractivity contribution >= 4 is 134 Å². The number of anilines is 9. The van der Waals surface area contributed by atoms with Crippen LogP contribution in [-0.4, -0.2) is 169 Å². The molecule has 0 atom stereocenters. The first-order valence-electron chi connectivity index (χ1n) is 31.0. The molecular weight excluding hydrogens is 1320 g/mol. The van der Waals surface area contributed by atoms with Crippen LogP contribution in [0.1, 0.15) is 19.8 Å². The van der Waals surface area contributed by atoms with Crippen LogP contribution in [0.3, 0.4) is 0 Å². The van der Waals surface area contributed by atoms with Gasteiger partial charge in [0.15, 0.2) is 0 Å². The highest BCUT2D eigenvalue weighted by atomic mass is 79.9. The summed E-state index contributed by atoms with van der Waals surface area (Å²) in [4.78, 5) is 52.4.